The highest BCUT2D eigenvalue weighted by molar-refractivity contribution is 5.99. The Morgan fingerprint density at radius 1 is 1.18 bits per heavy atom. The number of benzene rings is 1. The first kappa shape index (κ1) is 20.0. The Hall–Kier alpha value is -2.78. The number of alkyl halides is 3. The lowest BCUT2D eigenvalue weighted by Gasteiger charge is -2.46. The van der Waals surface area contributed by atoms with Crippen molar-refractivity contribution >= 4 is 17.7 Å². The Labute approximate surface area is 159 Å². The van der Waals surface area contributed by atoms with E-state index in [0.717, 1.165) is 12.1 Å². The van der Waals surface area contributed by atoms with Gasteiger partial charge in [0.25, 0.3) is 5.91 Å². The van der Waals surface area contributed by atoms with E-state index < -0.39 is 30.1 Å². The summed E-state index contributed by atoms with van der Waals surface area (Å²) in [4.78, 5) is 40.5. The molecular formula is C18H20F3N3O4. The SMILES string of the molecule is CC(C)[C@H]1NC(=O)[C@H]2CN(C(=O)c3ccc(OC(F)(F)F)cc3)CCN2C1=O. The maximum atomic E-state index is 12.7. The molecule has 0 bridgehead atoms. The summed E-state index contributed by atoms with van der Waals surface area (Å²) in [5.74, 6) is -1.38. The van der Waals surface area contributed by atoms with Crippen molar-refractivity contribution in [3.8, 4) is 5.75 Å². The monoisotopic (exact) mass is 399 g/mol. The highest BCUT2D eigenvalue weighted by Crippen LogP contribution is 2.24. The van der Waals surface area contributed by atoms with Crippen LogP contribution in [-0.2, 0) is 9.59 Å². The Balaban J connectivity index is 1.69. The predicted molar refractivity (Wildman–Crippen MR) is 91.3 cm³/mol. The van der Waals surface area contributed by atoms with Gasteiger partial charge in [0.2, 0.25) is 11.8 Å². The van der Waals surface area contributed by atoms with E-state index in [2.05, 4.69) is 10.1 Å². The van der Waals surface area contributed by atoms with Gasteiger partial charge in [-0.1, -0.05) is 13.8 Å². The van der Waals surface area contributed by atoms with Gasteiger partial charge in [-0.2, -0.15) is 0 Å². The zero-order valence-electron chi connectivity index (χ0n) is 15.3. The Morgan fingerprint density at radius 2 is 1.82 bits per heavy atom. The Kier molecular flexibility index (Phi) is 5.22. The highest BCUT2D eigenvalue weighted by Gasteiger charge is 2.45. The van der Waals surface area contributed by atoms with Crippen LogP contribution in [0, 0.1) is 5.92 Å². The fraction of sp³-hybridized carbons (Fsp3) is 0.500. The largest absolute Gasteiger partial charge is 0.573 e. The molecule has 2 fully saturated rings. The molecule has 0 radical (unpaired) electrons. The van der Waals surface area contributed by atoms with Gasteiger partial charge in [0.05, 0.1) is 6.54 Å². The Morgan fingerprint density at radius 3 is 2.39 bits per heavy atom. The Bertz CT molecular complexity index is 779. The third kappa shape index (κ3) is 4.05. The van der Waals surface area contributed by atoms with E-state index >= 15 is 0 Å². The topological polar surface area (TPSA) is 79.0 Å². The number of amides is 3. The summed E-state index contributed by atoms with van der Waals surface area (Å²) >= 11 is 0. The van der Waals surface area contributed by atoms with Crippen LogP contribution in [0.15, 0.2) is 24.3 Å². The molecule has 152 valence electrons. The second-order valence-electron chi connectivity index (χ2n) is 7.10. The number of hydrogen-bond donors (Lipinski definition) is 1. The summed E-state index contributed by atoms with van der Waals surface area (Å²) < 4.78 is 40.5. The third-order valence-corrected chi connectivity index (χ3v) is 4.82. The second-order valence-corrected chi connectivity index (χ2v) is 7.10. The molecule has 2 heterocycles. The van der Waals surface area contributed by atoms with Crippen molar-refractivity contribution in [1.29, 1.82) is 0 Å². The van der Waals surface area contributed by atoms with E-state index in [0.29, 0.717) is 0 Å². The van der Waals surface area contributed by atoms with Gasteiger partial charge in [0.15, 0.2) is 0 Å². The van der Waals surface area contributed by atoms with E-state index in [-0.39, 0.29) is 42.9 Å². The van der Waals surface area contributed by atoms with Gasteiger partial charge in [-0.05, 0) is 30.2 Å². The lowest BCUT2D eigenvalue weighted by molar-refractivity contribution is -0.274. The third-order valence-electron chi connectivity index (χ3n) is 4.82. The molecule has 1 aromatic carbocycles. The van der Waals surface area contributed by atoms with Crippen LogP contribution in [0.2, 0.25) is 0 Å². The first-order chi connectivity index (χ1) is 13.1. The molecule has 0 saturated carbocycles. The maximum Gasteiger partial charge on any atom is 0.573 e. The van der Waals surface area contributed by atoms with Crippen LogP contribution < -0.4 is 10.1 Å². The second kappa shape index (κ2) is 7.33. The minimum absolute atomic E-state index is 0.0298. The molecular weight excluding hydrogens is 379 g/mol. The number of carbonyl (C=O) groups is 3. The summed E-state index contributed by atoms with van der Waals surface area (Å²) in [6.07, 6.45) is -4.81. The van der Waals surface area contributed by atoms with Crippen molar-refractivity contribution in [3.63, 3.8) is 0 Å². The molecule has 0 aromatic heterocycles. The van der Waals surface area contributed by atoms with Gasteiger partial charge in [-0.15, -0.1) is 13.2 Å². The highest BCUT2D eigenvalue weighted by atomic mass is 19.4. The maximum absolute atomic E-state index is 12.7. The van der Waals surface area contributed by atoms with Crippen LogP contribution >= 0.6 is 0 Å². The molecule has 3 rings (SSSR count). The van der Waals surface area contributed by atoms with Gasteiger partial charge in [0, 0.05) is 18.7 Å². The van der Waals surface area contributed by atoms with Gasteiger partial charge < -0.3 is 19.9 Å². The first-order valence-corrected chi connectivity index (χ1v) is 8.83. The summed E-state index contributed by atoms with van der Waals surface area (Å²) in [5, 5.41) is 2.70. The van der Waals surface area contributed by atoms with Crippen molar-refractivity contribution in [2.24, 2.45) is 5.92 Å². The van der Waals surface area contributed by atoms with Gasteiger partial charge in [0.1, 0.15) is 17.8 Å². The number of halogens is 3. The molecule has 0 unspecified atom stereocenters. The average Bonchev–Trinajstić information content (AvgIpc) is 2.63. The van der Waals surface area contributed by atoms with Crippen molar-refractivity contribution < 1.29 is 32.3 Å². The molecule has 2 aliphatic rings. The molecule has 0 aliphatic carbocycles. The van der Waals surface area contributed by atoms with E-state index in [9.17, 15) is 27.6 Å². The zero-order chi connectivity index (χ0) is 20.6. The number of nitrogens with zero attached hydrogens (tertiary/aromatic N) is 2. The summed E-state index contributed by atoms with van der Waals surface area (Å²) in [5.41, 5.74) is 0.172. The van der Waals surface area contributed by atoms with Crippen molar-refractivity contribution in [1.82, 2.24) is 15.1 Å². The fourth-order valence-corrected chi connectivity index (χ4v) is 3.38. The number of carbonyl (C=O) groups excluding carboxylic acids is 3. The summed E-state index contributed by atoms with van der Waals surface area (Å²) in [6.45, 7) is 4.17. The van der Waals surface area contributed by atoms with Gasteiger partial charge >= 0.3 is 6.36 Å². The van der Waals surface area contributed by atoms with Crippen LogP contribution in [0.25, 0.3) is 0 Å². The van der Waals surface area contributed by atoms with Crippen LogP contribution in [0.1, 0.15) is 24.2 Å². The van der Waals surface area contributed by atoms with E-state index in [1.165, 1.54) is 21.9 Å². The quantitative estimate of drug-likeness (QED) is 0.833. The number of rotatable bonds is 3. The van der Waals surface area contributed by atoms with Crippen molar-refractivity contribution in [2.45, 2.75) is 32.3 Å². The minimum atomic E-state index is -4.81. The molecule has 0 spiro atoms. The molecule has 2 aliphatic heterocycles. The van der Waals surface area contributed by atoms with Crippen molar-refractivity contribution in [3.05, 3.63) is 29.8 Å². The molecule has 2 saturated heterocycles. The molecule has 28 heavy (non-hydrogen) atoms. The zero-order valence-corrected chi connectivity index (χ0v) is 15.3. The summed E-state index contributed by atoms with van der Waals surface area (Å²) in [6, 6.07) is 3.23. The average molecular weight is 399 g/mol. The van der Waals surface area contributed by atoms with E-state index in [4.69, 9.17) is 0 Å². The molecule has 3 amide bonds. The summed E-state index contributed by atoms with van der Waals surface area (Å²) in [7, 11) is 0. The number of fused-ring (bicyclic) bond motifs is 1. The van der Waals surface area contributed by atoms with Crippen LogP contribution in [0.5, 0.6) is 5.75 Å². The minimum Gasteiger partial charge on any atom is -0.406 e. The molecule has 2 atom stereocenters. The molecule has 1 N–H and O–H groups in total. The number of hydrogen-bond acceptors (Lipinski definition) is 4. The van der Waals surface area contributed by atoms with Crippen LogP contribution in [0.3, 0.4) is 0 Å². The smallest absolute Gasteiger partial charge is 0.406 e. The van der Waals surface area contributed by atoms with Gasteiger partial charge in [-0.3, -0.25) is 14.4 Å². The molecule has 1 aromatic rings. The van der Waals surface area contributed by atoms with Crippen molar-refractivity contribution in [2.75, 3.05) is 19.6 Å². The molecule has 10 heteroatoms. The van der Waals surface area contributed by atoms with Crippen LogP contribution in [0.4, 0.5) is 13.2 Å². The van der Waals surface area contributed by atoms with E-state index in [1.807, 2.05) is 13.8 Å². The van der Waals surface area contributed by atoms with Gasteiger partial charge in [-0.25, -0.2) is 0 Å². The normalized spacial score (nSPS) is 22.8. The molecule has 7 nitrogen and oxygen atoms in total. The van der Waals surface area contributed by atoms with Crippen LogP contribution in [-0.4, -0.2) is 65.6 Å². The lowest BCUT2D eigenvalue weighted by Crippen LogP contribution is -2.70. The lowest BCUT2D eigenvalue weighted by atomic mass is 9.96. The fourth-order valence-electron chi connectivity index (χ4n) is 3.38. The number of piperazine rings is 2. The van der Waals surface area contributed by atoms with E-state index in [1.54, 1.807) is 0 Å². The predicted octanol–water partition coefficient (Wildman–Crippen LogP) is 1.39. The number of ether oxygens (including phenoxy) is 1. The first-order valence-electron chi connectivity index (χ1n) is 8.83. The number of nitrogens with one attached hydrogen (secondary N) is 1. The standard InChI is InChI=1S/C18H20F3N3O4/c1-10(2)14-17(27)24-8-7-23(9-13(24)15(25)22-14)16(26)11-3-5-12(6-4-11)28-18(19,20)21/h3-6,10,13-14H,7-9H2,1-2H3,(H,22,25)/t13-,14-/m1/s1.